The molecule has 0 amide bonds. The summed E-state index contributed by atoms with van der Waals surface area (Å²) in [5.74, 6) is 0.581. The molecule has 1 aromatic heterocycles. The zero-order valence-corrected chi connectivity index (χ0v) is 11.6. The fourth-order valence-corrected chi connectivity index (χ4v) is 2.63. The van der Waals surface area contributed by atoms with Gasteiger partial charge >= 0.3 is 0 Å². The Morgan fingerprint density at radius 1 is 1.50 bits per heavy atom. The minimum Gasteiger partial charge on any atom is -0.373 e. The first-order valence-corrected chi connectivity index (χ1v) is 7.19. The third kappa shape index (κ3) is 3.33. The molecule has 2 atom stereocenters. The number of aromatic nitrogens is 2. The number of nitrogens with one attached hydrogen (secondary N) is 1. The third-order valence-corrected chi connectivity index (χ3v) is 3.54. The van der Waals surface area contributed by atoms with E-state index in [0.717, 1.165) is 32.7 Å². The molecule has 2 unspecified atom stereocenters. The van der Waals surface area contributed by atoms with E-state index in [9.17, 15) is 0 Å². The molecule has 1 saturated heterocycles. The van der Waals surface area contributed by atoms with Crippen molar-refractivity contribution in [1.82, 2.24) is 15.1 Å². The first-order chi connectivity index (χ1) is 8.85. The topological polar surface area (TPSA) is 39.1 Å². The smallest absolute Gasteiger partial charge is 0.0895 e. The Morgan fingerprint density at radius 2 is 2.39 bits per heavy atom. The Balaban J connectivity index is 2.02. The van der Waals surface area contributed by atoms with Crippen LogP contribution in [-0.2, 0) is 11.3 Å². The molecule has 4 nitrogen and oxygen atoms in total. The average molecular weight is 251 g/mol. The normalized spacial score (nSPS) is 24.3. The van der Waals surface area contributed by atoms with Gasteiger partial charge in [0.05, 0.1) is 12.3 Å². The predicted molar refractivity (Wildman–Crippen MR) is 72.5 cm³/mol. The van der Waals surface area contributed by atoms with Gasteiger partial charge in [-0.3, -0.25) is 4.68 Å². The van der Waals surface area contributed by atoms with E-state index < -0.39 is 0 Å². The third-order valence-electron chi connectivity index (χ3n) is 3.54. The molecular formula is C14H25N3O. The molecule has 4 heteroatoms. The maximum atomic E-state index is 5.97. The summed E-state index contributed by atoms with van der Waals surface area (Å²) in [7, 11) is 0. The Hall–Kier alpha value is -0.870. The van der Waals surface area contributed by atoms with Gasteiger partial charge in [0.1, 0.15) is 0 Å². The summed E-state index contributed by atoms with van der Waals surface area (Å²) in [5.41, 5.74) is 1.24. The lowest BCUT2D eigenvalue weighted by molar-refractivity contribution is -0.0276. The summed E-state index contributed by atoms with van der Waals surface area (Å²) in [5, 5.41) is 7.85. The monoisotopic (exact) mass is 251 g/mol. The van der Waals surface area contributed by atoms with E-state index in [1.807, 2.05) is 10.9 Å². The molecule has 1 aromatic rings. The van der Waals surface area contributed by atoms with Gasteiger partial charge in [0.2, 0.25) is 0 Å². The van der Waals surface area contributed by atoms with E-state index in [0.29, 0.717) is 5.92 Å². The highest BCUT2D eigenvalue weighted by molar-refractivity contribution is 5.10. The SMILES string of the molecule is CCCn1cc(C2OCCCC2CNCC)cn1. The summed E-state index contributed by atoms with van der Waals surface area (Å²) >= 11 is 0. The molecule has 1 aliphatic rings. The van der Waals surface area contributed by atoms with Crippen molar-refractivity contribution in [2.24, 2.45) is 5.92 Å². The van der Waals surface area contributed by atoms with Gasteiger partial charge in [0, 0.05) is 37.4 Å². The lowest BCUT2D eigenvalue weighted by atomic mass is 9.91. The van der Waals surface area contributed by atoms with Crippen LogP contribution in [0.5, 0.6) is 0 Å². The van der Waals surface area contributed by atoms with Crippen molar-refractivity contribution >= 4 is 0 Å². The van der Waals surface area contributed by atoms with E-state index >= 15 is 0 Å². The maximum absolute atomic E-state index is 5.97. The van der Waals surface area contributed by atoms with Crippen molar-refractivity contribution in [3.8, 4) is 0 Å². The minimum atomic E-state index is 0.225. The molecular weight excluding hydrogens is 226 g/mol. The molecule has 1 aliphatic heterocycles. The highest BCUT2D eigenvalue weighted by atomic mass is 16.5. The van der Waals surface area contributed by atoms with Crippen molar-refractivity contribution in [2.75, 3.05) is 19.7 Å². The zero-order chi connectivity index (χ0) is 12.8. The lowest BCUT2D eigenvalue weighted by Crippen LogP contribution is -2.31. The Labute approximate surface area is 110 Å². The van der Waals surface area contributed by atoms with Crippen LogP contribution in [0.25, 0.3) is 0 Å². The maximum Gasteiger partial charge on any atom is 0.0895 e. The Kier molecular flexibility index (Phi) is 5.20. The van der Waals surface area contributed by atoms with Gasteiger partial charge in [-0.2, -0.15) is 5.10 Å². The van der Waals surface area contributed by atoms with Gasteiger partial charge in [-0.05, 0) is 25.8 Å². The van der Waals surface area contributed by atoms with Crippen LogP contribution in [0.4, 0.5) is 0 Å². The largest absolute Gasteiger partial charge is 0.373 e. The van der Waals surface area contributed by atoms with Crippen LogP contribution in [0, 0.1) is 5.92 Å². The summed E-state index contributed by atoms with van der Waals surface area (Å²) in [6, 6.07) is 0. The van der Waals surface area contributed by atoms with Gasteiger partial charge in [0.15, 0.2) is 0 Å². The minimum absolute atomic E-state index is 0.225. The quantitative estimate of drug-likeness (QED) is 0.843. The van der Waals surface area contributed by atoms with Crippen LogP contribution in [0.15, 0.2) is 12.4 Å². The number of hydrogen-bond donors (Lipinski definition) is 1. The number of hydrogen-bond acceptors (Lipinski definition) is 3. The molecule has 102 valence electrons. The van der Waals surface area contributed by atoms with Gasteiger partial charge in [0.25, 0.3) is 0 Å². The molecule has 2 heterocycles. The van der Waals surface area contributed by atoms with Crippen LogP contribution in [-0.4, -0.2) is 29.5 Å². The standard InChI is InChI=1S/C14H25N3O/c1-3-7-17-11-13(10-16-17)14-12(9-15-4-2)6-5-8-18-14/h10-12,14-15H,3-9H2,1-2H3. The summed E-state index contributed by atoms with van der Waals surface area (Å²) in [6.07, 6.45) is 7.89. The van der Waals surface area contributed by atoms with Crippen molar-refractivity contribution in [2.45, 2.75) is 45.8 Å². The van der Waals surface area contributed by atoms with E-state index in [1.54, 1.807) is 0 Å². The van der Waals surface area contributed by atoms with Crippen LogP contribution >= 0.6 is 0 Å². The van der Waals surface area contributed by atoms with Crippen LogP contribution in [0.1, 0.15) is 44.8 Å². The Bertz CT molecular complexity index is 351. The van der Waals surface area contributed by atoms with E-state index in [-0.39, 0.29) is 6.10 Å². The molecule has 2 rings (SSSR count). The summed E-state index contributed by atoms with van der Waals surface area (Å²) in [6.45, 7) is 8.26. The summed E-state index contributed by atoms with van der Waals surface area (Å²) < 4.78 is 8.00. The predicted octanol–water partition coefficient (Wildman–Crippen LogP) is 2.37. The lowest BCUT2D eigenvalue weighted by Gasteiger charge is -2.31. The Morgan fingerprint density at radius 3 is 3.17 bits per heavy atom. The number of rotatable bonds is 6. The van der Waals surface area contributed by atoms with Crippen molar-refractivity contribution in [1.29, 1.82) is 0 Å². The van der Waals surface area contributed by atoms with Crippen molar-refractivity contribution < 1.29 is 4.74 Å². The van der Waals surface area contributed by atoms with Gasteiger partial charge < -0.3 is 10.1 Å². The molecule has 0 spiro atoms. The first kappa shape index (κ1) is 13.6. The first-order valence-electron chi connectivity index (χ1n) is 7.19. The fourth-order valence-electron chi connectivity index (χ4n) is 2.63. The number of ether oxygens (including phenoxy) is 1. The molecule has 0 saturated carbocycles. The molecule has 0 aliphatic carbocycles. The van der Waals surface area contributed by atoms with Crippen molar-refractivity contribution in [3.63, 3.8) is 0 Å². The molecule has 0 aromatic carbocycles. The molecule has 1 fully saturated rings. The number of aryl methyl sites for hydroxylation is 1. The van der Waals surface area contributed by atoms with Crippen LogP contribution in [0.2, 0.25) is 0 Å². The fraction of sp³-hybridized carbons (Fsp3) is 0.786. The zero-order valence-electron chi connectivity index (χ0n) is 11.6. The van der Waals surface area contributed by atoms with Gasteiger partial charge in [-0.15, -0.1) is 0 Å². The van der Waals surface area contributed by atoms with Gasteiger partial charge in [-0.1, -0.05) is 13.8 Å². The van der Waals surface area contributed by atoms with Crippen molar-refractivity contribution in [3.05, 3.63) is 18.0 Å². The second-order valence-corrected chi connectivity index (χ2v) is 5.04. The van der Waals surface area contributed by atoms with Crippen LogP contribution < -0.4 is 5.32 Å². The average Bonchev–Trinajstić information content (AvgIpc) is 2.86. The second-order valence-electron chi connectivity index (χ2n) is 5.04. The highest BCUT2D eigenvalue weighted by Crippen LogP contribution is 2.32. The van der Waals surface area contributed by atoms with E-state index in [1.165, 1.54) is 18.4 Å². The van der Waals surface area contributed by atoms with E-state index in [4.69, 9.17) is 4.74 Å². The van der Waals surface area contributed by atoms with Crippen LogP contribution in [0.3, 0.4) is 0 Å². The highest BCUT2D eigenvalue weighted by Gasteiger charge is 2.27. The second kappa shape index (κ2) is 6.90. The van der Waals surface area contributed by atoms with Gasteiger partial charge in [-0.25, -0.2) is 0 Å². The number of nitrogens with zero attached hydrogens (tertiary/aromatic N) is 2. The molecule has 1 N–H and O–H groups in total. The molecule has 0 bridgehead atoms. The molecule has 18 heavy (non-hydrogen) atoms. The molecule has 0 radical (unpaired) electrons. The van der Waals surface area contributed by atoms with E-state index in [2.05, 4.69) is 30.5 Å². The summed E-state index contributed by atoms with van der Waals surface area (Å²) in [4.78, 5) is 0.